The zero-order valence-corrected chi connectivity index (χ0v) is 18.0. The Bertz CT molecular complexity index is 604. The van der Waals surface area contributed by atoms with Crippen molar-refractivity contribution >= 4 is 5.71 Å². The van der Waals surface area contributed by atoms with Crippen molar-refractivity contribution in [3.05, 3.63) is 23.8 Å². The smallest absolute Gasteiger partial charge is 0.160 e. The largest absolute Gasteiger partial charge is 0.493 e. The third kappa shape index (κ3) is 7.01. The summed E-state index contributed by atoms with van der Waals surface area (Å²) < 4.78 is 10.8. The molecule has 1 N–H and O–H groups in total. The monoisotopic (exact) mass is 390 g/mol. The number of rotatable bonds is 6. The van der Waals surface area contributed by atoms with Crippen molar-refractivity contribution in [2.75, 3.05) is 27.8 Å². The van der Waals surface area contributed by atoms with E-state index < -0.39 is 0 Å². The van der Waals surface area contributed by atoms with Gasteiger partial charge in [0.05, 0.1) is 26.0 Å². The molecule has 158 valence electrons. The summed E-state index contributed by atoms with van der Waals surface area (Å²) in [4.78, 5) is 2.36. The summed E-state index contributed by atoms with van der Waals surface area (Å²) >= 11 is 0. The molecule has 5 nitrogen and oxygen atoms in total. The average Bonchev–Trinajstić information content (AvgIpc) is 2.72. The fraction of sp³-hybridized carbons (Fsp3) is 0.696. The van der Waals surface area contributed by atoms with Crippen LogP contribution in [0.1, 0.15) is 69.8 Å². The summed E-state index contributed by atoms with van der Waals surface area (Å²) in [6, 6.07) is 6.33. The van der Waals surface area contributed by atoms with Gasteiger partial charge in [-0.25, -0.2) is 0 Å². The Morgan fingerprint density at radius 1 is 0.964 bits per heavy atom. The second-order valence-corrected chi connectivity index (χ2v) is 7.89. The molecule has 0 aromatic heterocycles. The van der Waals surface area contributed by atoms with E-state index in [0.29, 0.717) is 0 Å². The molecule has 1 aliphatic carbocycles. The molecule has 0 saturated heterocycles. The molecule has 0 heterocycles. The maximum atomic E-state index is 9.66. The fourth-order valence-corrected chi connectivity index (χ4v) is 4.13. The lowest BCUT2D eigenvalue weighted by Crippen LogP contribution is -2.40. The van der Waals surface area contributed by atoms with Gasteiger partial charge in [0, 0.05) is 6.54 Å². The summed E-state index contributed by atoms with van der Waals surface area (Å²) in [5.74, 6) is 1.53. The molecule has 0 radical (unpaired) electrons. The molecule has 0 bridgehead atoms. The first-order chi connectivity index (χ1) is 13.7. The van der Waals surface area contributed by atoms with Gasteiger partial charge in [-0.05, 0) is 50.4 Å². The van der Waals surface area contributed by atoms with E-state index >= 15 is 0 Å². The Kier molecular flexibility index (Phi) is 10.2. The summed E-state index contributed by atoms with van der Waals surface area (Å²) in [5.41, 5.74) is 2.18. The zero-order chi connectivity index (χ0) is 20.2. The maximum absolute atomic E-state index is 9.66. The maximum Gasteiger partial charge on any atom is 0.160 e. The van der Waals surface area contributed by atoms with Crippen LogP contribution >= 0.6 is 0 Å². The van der Waals surface area contributed by atoms with E-state index in [9.17, 15) is 5.21 Å². The number of likely N-dealkylation sites (N-methyl/N-ethyl adjacent to an activating group) is 1. The Morgan fingerprint density at radius 3 is 2.25 bits per heavy atom. The first-order valence-corrected chi connectivity index (χ1v) is 10.8. The van der Waals surface area contributed by atoms with Crippen molar-refractivity contribution in [1.29, 1.82) is 0 Å². The second kappa shape index (κ2) is 12.7. The molecule has 1 aromatic rings. The Labute approximate surface area is 170 Å². The first kappa shape index (κ1) is 22.5. The average molecular weight is 391 g/mol. The molecule has 1 aliphatic rings. The van der Waals surface area contributed by atoms with Crippen molar-refractivity contribution in [1.82, 2.24) is 4.90 Å². The van der Waals surface area contributed by atoms with E-state index in [1.807, 2.05) is 6.07 Å². The summed E-state index contributed by atoms with van der Waals surface area (Å²) in [5, 5.41) is 13.4. The number of hydrogen-bond donors (Lipinski definition) is 1. The number of oxime groups is 1. The molecule has 2 rings (SSSR count). The third-order valence-corrected chi connectivity index (χ3v) is 5.91. The molecule has 1 saturated carbocycles. The van der Waals surface area contributed by atoms with Crippen molar-refractivity contribution in [2.45, 2.75) is 76.7 Å². The van der Waals surface area contributed by atoms with Gasteiger partial charge in [0.25, 0.3) is 0 Å². The lowest BCUT2D eigenvalue weighted by molar-refractivity contribution is 0.262. The minimum atomic E-state index is 0.226. The summed E-state index contributed by atoms with van der Waals surface area (Å²) in [6.07, 6.45) is 13.1. The van der Waals surface area contributed by atoms with Crippen molar-refractivity contribution < 1.29 is 14.7 Å². The Hall–Kier alpha value is -1.75. The SMILES string of the molecule is COc1ccc(CCN(C)C2CCCCCCCCCC/C2=N/O)cc1OC. The van der Waals surface area contributed by atoms with Gasteiger partial charge in [-0.1, -0.05) is 56.2 Å². The van der Waals surface area contributed by atoms with Crippen molar-refractivity contribution in [3.63, 3.8) is 0 Å². The van der Waals surface area contributed by atoms with E-state index in [1.165, 1.54) is 50.5 Å². The molecule has 0 amide bonds. The van der Waals surface area contributed by atoms with E-state index in [2.05, 4.69) is 29.2 Å². The molecular formula is C23H38N2O3. The van der Waals surface area contributed by atoms with Crippen LogP contribution in [0.3, 0.4) is 0 Å². The topological polar surface area (TPSA) is 54.3 Å². The van der Waals surface area contributed by atoms with E-state index in [-0.39, 0.29) is 6.04 Å². The van der Waals surface area contributed by atoms with Crippen LogP contribution in [0, 0.1) is 0 Å². The lowest BCUT2D eigenvalue weighted by Gasteiger charge is -2.29. The number of methoxy groups -OCH3 is 2. The van der Waals surface area contributed by atoms with Crippen LogP contribution in [0.5, 0.6) is 11.5 Å². The molecule has 5 heteroatoms. The quantitative estimate of drug-likeness (QED) is 0.529. The minimum absolute atomic E-state index is 0.226. The van der Waals surface area contributed by atoms with Gasteiger partial charge in [0.2, 0.25) is 0 Å². The van der Waals surface area contributed by atoms with Crippen LogP contribution in [0.4, 0.5) is 0 Å². The molecule has 1 atom stereocenters. The molecule has 28 heavy (non-hydrogen) atoms. The molecule has 0 spiro atoms. The van der Waals surface area contributed by atoms with Gasteiger partial charge in [0.15, 0.2) is 11.5 Å². The van der Waals surface area contributed by atoms with Gasteiger partial charge in [0.1, 0.15) is 0 Å². The highest BCUT2D eigenvalue weighted by atomic mass is 16.5. The second-order valence-electron chi connectivity index (χ2n) is 7.89. The Morgan fingerprint density at radius 2 is 1.61 bits per heavy atom. The summed E-state index contributed by atoms with van der Waals surface area (Å²) in [7, 11) is 5.48. The zero-order valence-electron chi connectivity index (χ0n) is 18.0. The predicted octanol–water partition coefficient (Wildman–Crippen LogP) is 5.29. The highest BCUT2D eigenvalue weighted by molar-refractivity contribution is 5.89. The van der Waals surface area contributed by atoms with E-state index in [4.69, 9.17) is 9.47 Å². The fourth-order valence-electron chi connectivity index (χ4n) is 4.13. The first-order valence-electron chi connectivity index (χ1n) is 10.8. The van der Waals surface area contributed by atoms with Crippen LogP contribution in [-0.2, 0) is 6.42 Å². The number of hydrogen-bond acceptors (Lipinski definition) is 5. The van der Waals surface area contributed by atoms with E-state index in [1.54, 1.807) is 14.2 Å². The standard InChI is InChI=1S/C23H38N2O3/c1-25(17-16-19-14-15-22(27-2)23(18-19)28-3)21-13-11-9-7-5-4-6-8-10-12-20(21)24-26/h14-15,18,21,26H,4-13,16-17H2,1-3H3/b24-20-. The lowest BCUT2D eigenvalue weighted by atomic mass is 9.95. The third-order valence-electron chi connectivity index (χ3n) is 5.91. The van der Waals surface area contributed by atoms with Crippen LogP contribution < -0.4 is 9.47 Å². The molecule has 1 fully saturated rings. The van der Waals surface area contributed by atoms with Crippen molar-refractivity contribution in [3.8, 4) is 11.5 Å². The number of nitrogens with zero attached hydrogens (tertiary/aromatic N) is 2. The van der Waals surface area contributed by atoms with Gasteiger partial charge < -0.3 is 14.7 Å². The molecular weight excluding hydrogens is 352 g/mol. The highest BCUT2D eigenvalue weighted by Gasteiger charge is 2.21. The normalized spacial score (nSPS) is 21.1. The van der Waals surface area contributed by atoms with Crippen LogP contribution in [0.25, 0.3) is 0 Å². The predicted molar refractivity (Wildman–Crippen MR) is 115 cm³/mol. The Balaban J connectivity index is 2.00. The van der Waals surface area contributed by atoms with Gasteiger partial charge in [-0.2, -0.15) is 0 Å². The summed E-state index contributed by atoms with van der Waals surface area (Å²) in [6.45, 7) is 0.916. The van der Waals surface area contributed by atoms with Gasteiger partial charge >= 0.3 is 0 Å². The minimum Gasteiger partial charge on any atom is -0.493 e. The highest BCUT2D eigenvalue weighted by Crippen LogP contribution is 2.28. The van der Waals surface area contributed by atoms with Crippen LogP contribution in [0.15, 0.2) is 23.4 Å². The molecule has 1 aromatic carbocycles. The van der Waals surface area contributed by atoms with Gasteiger partial charge in [-0.15, -0.1) is 0 Å². The van der Waals surface area contributed by atoms with E-state index in [0.717, 1.165) is 49.4 Å². The van der Waals surface area contributed by atoms with Crippen LogP contribution in [-0.4, -0.2) is 49.7 Å². The van der Waals surface area contributed by atoms with Crippen molar-refractivity contribution in [2.24, 2.45) is 5.16 Å². The molecule has 0 aliphatic heterocycles. The molecule has 1 unspecified atom stereocenters. The number of benzene rings is 1. The number of ether oxygens (including phenoxy) is 2. The van der Waals surface area contributed by atoms with Crippen LogP contribution in [0.2, 0.25) is 0 Å². The van der Waals surface area contributed by atoms with Gasteiger partial charge in [-0.3, -0.25) is 4.90 Å².